The second kappa shape index (κ2) is 6.33. The Balaban J connectivity index is 1.85. The van der Waals surface area contributed by atoms with Crippen LogP contribution in [0.15, 0.2) is 70.1 Å². The minimum atomic E-state index is 0.678. The van der Waals surface area contributed by atoms with Crippen molar-refractivity contribution in [1.29, 1.82) is 0 Å². The molecule has 0 radical (unpaired) electrons. The van der Waals surface area contributed by atoms with Crippen LogP contribution in [0.2, 0.25) is 0 Å². The molecule has 4 rings (SSSR count). The van der Waals surface area contributed by atoms with Gasteiger partial charge in [0.25, 0.3) is 0 Å². The summed E-state index contributed by atoms with van der Waals surface area (Å²) in [7, 11) is 0. The first kappa shape index (κ1) is 15.3. The van der Waals surface area contributed by atoms with E-state index in [0.29, 0.717) is 5.92 Å². The highest BCUT2D eigenvalue weighted by molar-refractivity contribution is 7.99. The standard InChI is InChI=1S/C21H19NOS/c1-14(2)13-24-15-9-10-16-17-6-5-7-18(19-8-3-4-11-22-19)21(17)23-20(16)12-15/h3-12,14H,13H2,1-2H3. The van der Waals surface area contributed by atoms with Crippen molar-refractivity contribution < 1.29 is 4.42 Å². The Labute approximate surface area is 145 Å². The summed E-state index contributed by atoms with van der Waals surface area (Å²) in [5, 5.41) is 2.31. The molecule has 0 spiro atoms. The van der Waals surface area contributed by atoms with Crippen molar-refractivity contribution in [2.75, 3.05) is 5.75 Å². The van der Waals surface area contributed by atoms with Crippen molar-refractivity contribution in [2.45, 2.75) is 18.7 Å². The third-order valence-corrected chi connectivity index (χ3v) is 5.42. The van der Waals surface area contributed by atoms with Crippen molar-refractivity contribution in [3.8, 4) is 11.3 Å². The normalized spacial score (nSPS) is 11.6. The monoisotopic (exact) mass is 333 g/mol. The van der Waals surface area contributed by atoms with Gasteiger partial charge in [0.2, 0.25) is 0 Å². The van der Waals surface area contributed by atoms with Crippen LogP contribution in [0.5, 0.6) is 0 Å². The average Bonchev–Trinajstić information content (AvgIpc) is 2.98. The fourth-order valence-electron chi connectivity index (χ4n) is 2.86. The van der Waals surface area contributed by atoms with Gasteiger partial charge < -0.3 is 4.42 Å². The Morgan fingerprint density at radius 1 is 1.00 bits per heavy atom. The third kappa shape index (κ3) is 2.80. The zero-order valence-corrected chi connectivity index (χ0v) is 14.6. The number of pyridine rings is 1. The smallest absolute Gasteiger partial charge is 0.144 e. The van der Waals surface area contributed by atoms with Crippen LogP contribution in [0, 0.1) is 5.92 Å². The number of thioether (sulfide) groups is 1. The van der Waals surface area contributed by atoms with Crippen LogP contribution in [0.4, 0.5) is 0 Å². The van der Waals surface area contributed by atoms with Gasteiger partial charge >= 0.3 is 0 Å². The quantitative estimate of drug-likeness (QED) is 0.404. The first-order valence-electron chi connectivity index (χ1n) is 8.22. The summed E-state index contributed by atoms with van der Waals surface area (Å²) in [5.41, 5.74) is 3.84. The van der Waals surface area contributed by atoms with Gasteiger partial charge in [-0.15, -0.1) is 11.8 Å². The molecule has 0 aliphatic carbocycles. The molecule has 4 aromatic rings. The summed E-state index contributed by atoms with van der Waals surface area (Å²) >= 11 is 1.88. The fourth-order valence-corrected chi connectivity index (χ4v) is 3.74. The van der Waals surface area contributed by atoms with E-state index in [1.54, 1.807) is 0 Å². The topological polar surface area (TPSA) is 26.0 Å². The summed E-state index contributed by atoms with van der Waals surface area (Å²) in [6.07, 6.45) is 1.82. The first-order chi connectivity index (χ1) is 11.7. The lowest BCUT2D eigenvalue weighted by atomic mass is 10.1. The van der Waals surface area contributed by atoms with E-state index in [2.05, 4.69) is 55.2 Å². The number of hydrogen-bond donors (Lipinski definition) is 0. The summed E-state index contributed by atoms with van der Waals surface area (Å²) in [5.74, 6) is 1.79. The van der Waals surface area contributed by atoms with E-state index in [9.17, 15) is 0 Å². The van der Waals surface area contributed by atoms with Crippen molar-refractivity contribution >= 4 is 33.7 Å². The molecule has 24 heavy (non-hydrogen) atoms. The maximum absolute atomic E-state index is 6.23. The predicted octanol–water partition coefficient (Wildman–Crippen LogP) is 6.40. The van der Waals surface area contributed by atoms with Gasteiger partial charge in [0.1, 0.15) is 11.2 Å². The van der Waals surface area contributed by atoms with E-state index < -0.39 is 0 Å². The third-order valence-electron chi connectivity index (χ3n) is 3.99. The molecule has 2 aromatic heterocycles. The van der Waals surface area contributed by atoms with Crippen molar-refractivity contribution in [3.05, 3.63) is 60.8 Å². The molecule has 0 N–H and O–H groups in total. The molecule has 0 aliphatic heterocycles. The van der Waals surface area contributed by atoms with Gasteiger partial charge in [-0.1, -0.05) is 32.0 Å². The molecule has 0 saturated carbocycles. The summed E-state index contributed by atoms with van der Waals surface area (Å²) in [6, 6.07) is 18.7. The van der Waals surface area contributed by atoms with Gasteiger partial charge in [-0.3, -0.25) is 4.98 Å². The zero-order valence-electron chi connectivity index (χ0n) is 13.8. The Kier molecular flexibility index (Phi) is 4.03. The molecular formula is C21H19NOS. The molecular weight excluding hydrogens is 314 g/mol. The summed E-state index contributed by atoms with van der Waals surface area (Å²) in [4.78, 5) is 5.73. The second-order valence-corrected chi connectivity index (χ2v) is 7.46. The summed E-state index contributed by atoms with van der Waals surface area (Å²) < 4.78 is 6.23. The highest BCUT2D eigenvalue weighted by atomic mass is 32.2. The number of fused-ring (bicyclic) bond motifs is 3. The van der Waals surface area contributed by atoms with Gasteiger partial charge in [0.05, 0.1) is 5.69 Å². The van der Waals surface area contributed by atoms with E-state index in [1.807, 2.05) is 36.2 Å². The van der Waals surface area contributed by atoms with Gasteiger partial charge in [-0.2, -0.15) is 0 Å². The highest BCUT2D eigenvalue weighted by Crippen LogP contribution is 2.36. The number of hydrogen-bond acceptors (Lipinski definition) is 3. The predicted molar refractivity (Wildman–Crippen MR) is 103 cm³/mol. The lowest BCUT2D eigenvalue weighted by Crippen LogP contribution is -1.89. The molecule has 0 bridgehead atoms. The van der Waals surface area contributed by atoms with E-state index >= 15 is 0 Å². The Morgan fingerprint density at radius 3 is 2.71 bits per heavy atom. The number of furan rings is 1. The van der Waals surface area contributed by atoms with Crippen LogP contribution in [0.1, 0.15) is 13.8 Å². The van der Waals surface area contributed by atoms with Gasteiger partial charge in [-0.05, 0) is 42.3 Å². The van der Waals surface area contributed by atoms with Crippen molar-refractivity contribution in [2.24, 2.45) is 5.92 Å². The molecule has 2 aromatic carbocycles. The van der Waals surface area contributed by atoms with Crippen LogP contribution in [0.25, 0.3) is 33.2 Å². The molecule has 0 aliphatic rings. The van der Waals surface area contributed by atoms with E-state index in [-0.39, 0.29) is 0 Å². The van der Waals surface area contributed by atoms with Crippen molar-refractivity contribution in [1.82, 2.24) is 4.98 Å². The summed E-state index contributed by atoms with van der Waals surface area (Å²) in [6.45, 7) is 4.48. The number of nitrogens with zero attached hydrogens (tertiary/aromatic N) is 1. The number of benzene rings is 2. The van der Waals surface area contributed by atoms with Gasteiger partial charge in [0, 0.05) is 33.2 Å². The average molecular weight is 333 g/mol. The van der Waals surface area contributed by atoms with Crippen LogP contribution >= 0.6 is 11.8 Å². The minimum Gasteiger partial charge on any atom is -0.455 e. The number of rotatable bonds is 4. The Hall–Kier alpha value is -2.26. The molecule has 120 valence electrons. The van der Waals surface area contributed by atoms with Crippen LogP contribution in [-0.4, -0.2) is 10.7 Å². The van der Waals surface area contributed by atoms with E-state index in [1.165, 1.54) is 4.90 Å². The largest absolute Gasteiger partial charge is 0.455 e. The van der Waals surface area contributed by atoms with Crippen LogP contribution in [0.3, 0.4) is 0 Å². The number of para-hydroxylation sites is 1. The van der Waals surface area contributed by atoms with E-state index in [0.717, 1.165) is 38.9 Å². The highest BCUT2D eigenvalue weighted by Gasteiger charge is 2.13. The minimum absolute atomic E-state index is 0.678. The lowest BCUT2D eigenvalue weighted by Gasteiger charge is -2.03. The van der Waals surface area contributed by atoms with E-state index in [4.69, 9.17) is 4.42 Å². The molecule has 0 fully saturated rings. The van der Waals surface area contributed by atoms with Crippen molar-refractivity contribution in [3.63, 3.8) is 0 Å². The molecule has 0 saturated heterocycles. The lowest BCUT2D eigenvalue weighted by molar-refractivity contribution is 0.668. The molecule has 3 heteroatoms. The SMILES string of the molecule is CC(C)CSc1ccc2c(c1)oc1c(-c3ccccn3)cccc12. The molecule has 0 atom stereocenters. The van der Waals surface area contributed by atoms with Gasteiger partial charge in [0.15, 0.2) is 0 Å². The fraction of sp³-hybridized carbons (Fsp3) is 0.190. The van der Waals surface area contributed by atoms with Crippen LogP contribution in [-0.2, 0) is 0 Å². The molecule has 2 nitrogen and oxygen atoms in total. The zero-order chi connectivity index (χ0) is 16.5. The second-order valence-electron chi connectivity index (χ2n) is 6.36. The Morgan fingerprint density at radius 2 is 1.92 bits per heavy atom. The molecule has 0 amide bonds. The molecule has 2 heterocycles. The molecule has 0 unspecified atom stereocenters. The van der Waals surface area contributed by atoms with Gasteiger partial charge in [-0.25, -0.2) is 0 Å². The maximum atomic E-state index is 6.23. The first-order valence-corrected chi connectivity index (χ1v) is 9.20. The maximum Gasteiger partial charge on any atom is 0.144 e. The Bertz CT molecular complexity index is 989. The van der Waals surface area contributed by atoms with Crippen LogP contribution < -0.4 is 0 Å². The number of aromatic nitrogens is 1.